The molecular weight excluding hydrogens is 1060 g/mol. The number of methoxy groups -OCH3 is 2. The van der Waals surface area contributed by atoms with E-state index in [1.165, 1.54) is 35.8 Å². The molecule has 5 amide bonds. The number of benzene rings is 4. The van der Waals surface area contributed by atoms with Crippen molar-refractivity contribution in [3.8, 4) is 33.8 Å². The zero-order valence-electron chi connectivity index (χ0n) is 45.0. The highest BCUT2D eigenvalue weighted by Crippen LogP contribution is 2.43. The molecule has 81 heavy (non-hydrogen) atoms. The fourth-order valence-corrected chi connectivity index (χ4v) is 12.9. The van der Waals surface area contributed by atoms with E-state index in [-0.39, 0.29) is 41.6 Å². The first-order valence-corrected chi connectivity index (χ1v) is 27.9. The van der Waals surface area contributed by atoms with Crippen LogP contribution in [0.4, 0.5) is 23.0 Å². The molecule has 21 heteroatoms. The summed E-state index contributed by atoms with van der Waals surface area (Å²) in [5, 5.41) is 22.6. The monoisotopic (exact) mass is 1120 g/mol. The minimum absolute atomic E-state index is 0.000678. The Morgan fingerprint density at radius 2 is 1.11 bits per heavy atom. The maximum Gasteiger partial charge on any atom is 0.272 e. The van der Waals surface area contributed by atoms with Gasteiger partial charge in [-0.05, 0) is 89.8 Å². The number of anilines is 4. The zero-order valence-corrected chi connectivity index (χ0v) is 46.6. The average molecular weight is 1120 g/mol. The van der Waals surface area contributed by atoms with Crippen LogP contribution < -0.4 is 47.5 Å². The maximum atomic E-state index is 13.2. The Kier molecular flexibility index (Phi) is 14.9. The molecule has 10 aromatic rings. The predicted octanol–water partition coefficient (Wildman–Crippen LogP) is 9.04. The van der Waals surface area contributed by atoms with Crippen LogP contribution in [0.5, 0.6) is 11.5 Å². The van der Waals surface area contributed by atoms with Gasteiger partial charge in [-0.2, -0.15) is 0 Å². The fraction of sp³-hybridized carbons (Fsp3) is 0.217. The molecule has 12 rings (SSSR count). The second-order valence-electron chi connectivity index (χ2n) is 19.9. The summed E-state index contributed by atoms with van der Waals surface area (Å²) in [4.78, 5) is 74.8. The van der Waals surface area contributed by atoms with E-state index in [9.17, 15) is 24.0 Å². The molecule has 19 nitrogen and oxygen atoms in total. The maximum absolute atomic E-state index is 13.2. The first kappa shape index (κ1) is 53.7. The number of nitrogens with zero attached hydrogens (tertiary/aromatic N) is 5. The number of nitrogen functional groups attached to an aromatic ring is 2. The molecule has 0 saturated carbocycles. The van der Waals surface area contributed by atoms with Crippen molar-refractivity contribution in [3.63, 3.8) is 0 Å². The van der Waals surface area contributed by atoms with Gasteiger partial charge in [-0.1, -0.05) is 48.5 Å². The summed E-state index contributed by atoms with van der Waals surface area (Å²) in [7, 11) is 6.84. The van der Waals surface area contributed by atoms with E-state index in [1.54, 1.807) is 31.4 Å². The molecule has 2 fully saturated rings. The quantitative estimate of drug-likeness (QED) is 0.0605. The second-order valence-corrected chi connectivity index (χ2v) is 21.7. The third-order valence-electron chi connectivity index (χ3n) is 15.0. The van der Waals surface area contributed by atoms with Crippen LogP contribution in [0.15, 0.2) is 120 Å². The third kappa shape index (κ3) is 10.4. The zero-order chi connectivity index (χ0) is 56.6. The Labute approximate surface area is 473 Å². The number of pyridine rings is 2. The van der Waals surface area contributed by atoms with E-state index in [0.29, 0.717) is 81.9 Å². The Balaban J connectivity index is 0.000000171. The number of aryl methyl sites for hydroxylation is 2. The summed E-state index contributed by atoms with van der Waals surface area (Å²) in [6.45, 7) is 4.30. The number of thiophene rings is 2. The summed E-state index contributed by atoms with van der Waals surface area (Å²) >= 11 is 2.87. The Hall–Kier alpha value is -9.31. The van der Waals surface area contributed by atoms with Crippen molar-refractivity contribution in [3.05, 3.63) is 143 Å². The van der Waals surface area contributed by atoms with Gasteiger partial charge in [-0.15, -0.1) is 22.7 Å². The molecule has 412 valence electrons. The number of para-hydroxylation sites is 2. The number of likely N-dealkylation sites (tertiary alicyclic amines) is 1. The highest BCUT2D eigenvalue weighted by Gasteiger charge is 2.28. The summed E-state index contributed by atoms with van der Waals surface area (Å²) in [5.74, 6) is 0.769. The van der Waals surface area contributed by atoms with Crippen LogP contribution in [0.1, 0.15) is 61.5 Å². The number of carbonyl (C=O) groups excluding carboxylic acids is 5. The number of ether oxygens (including phenoxy) is 2. The summed E-state index contributed by atoms with van der Waals surface area (Å²) < 4.78 is 16.6. The van der Waals surface area contributed by atoms with Gasteiger partial charge in [-0.25, -0.2) is 9.97 Å². The highest BCUT2D eigenvalue weighted by atomic mass is 32.1. The number of aromatic nitrogens is 4. The van der Waals surface area contributed by atoms with Crippen LogP contribution in [0.2, 0.25) is 0 Å². The van der Waals surface area contributed by atoms with E-state index in [2.05, 4.69) is 36.6 Å². The topological polar surface area (TPSA) is 255 Å². The van der Waals surface area contributed by atoms with Gasteiger partial charge in [0.25, 0.3) is 23.6 Å². The van der Waals surface area contributed by atoms with Gasteiger partial charge in [-0.3, -0.25) is 24.0 Å². The SMILES string of the molecule is COc1cc(-c2csc3c(C(=O)NC4CCN(C(C)=O)C4)cnc(N)c23)ccc1NC(=O)c1cc2ccccc2n1C.COc1cc(-c2csc3c(C(=O)NC4CCNC4)cnc(N)c23)ccc1NC(=O)c1cc2ccccc2n1C. The van der Waals surface area contributed by atoms with E-state index >= 15 is 0 Å². The normalized spacial score (nSPS) is 15.0. The summed E-state index contributed by atoms with van der Waals surface area (Å²) in [6, 6.07) is 30.5. The van der Waals surface area contributed by atoms with Crippen LogP contribution in [0.25, 0.3) is 64.2 Å². The number of rotatable bonds is 12. The van der Waals surface area contributed by atoms with Crippen molar-refractivity contribution in [2.24, 2.45) is 14.1 Å². The van der Waals surface area contributed by atoms with Crippen LogP contribution in [-0.4, -0.2) is 106 Å². The van der Waals surface area contributed by atoms with Crippen LogP contribution >= 0.6 is 22.7 Å². The van der Waals surface area contributed by atoms with E-state index in [1.807, 2.05) is 125 Å². The Bertz CT molecular complexity index is 4140. The van der Waals surface area contributed by atoms with Crippen molar-refractivity contribution < 1.29 is 33.4 Å². The molecule has 0 radical (unpaired) electrons. The first-order chi connectivity index (χ1) is 39.2. The second kappa shape index (κ2) is 22.4. The molecule has 4 aromatic carbocycles. The Morgan fingerprint density at radius 3 is 1.54 bits per heavy atom. The van der Waals surface area contributed by atoms with Gasteiger partial charge in [0, 0.05) is 109 Å². The number of hydrogen-bond acceptors (Lipinski definition) is 14. The van der Waals surface area contributed by atoms with E-state index in [0.717, 1.165) is 78.4 Å². The first-order valence-electron chi connectivity index (χ1n) is 26.2. The van der Waals surface area contributed by atoms with Gasteiger partial charge >= 0.3 is 0 Å². The number of nitrogens with one attached hydrogen (secondary N) is 5. The lowest BCUT2D eigenvalue weighted by Gasteiger charge is -2.15. The number of nitrogens with two attached hydrogens (primary N) is 2. The average Bonchev–Trinajstić information content (AvgIpc) is 4.45. The fourth-order valence-electron chi connectivity index (χ4n) is 10.7. The minimum Gasteiger partial charge on any atom is -0.495 e. The lowest BCUT2D eigenvalue weighted by Crippen LogP contribution is -2.38. The molecule has 2 atom stereocenters. The van der Waals surface area contributed by atoms with Gasteiger partial charge < -0.3 is 61.6 Å². The molecule has 0 aliphatic carbocycles. The molecule has 0 spiro atoms. The summed E-state index contributed by atoms with van der Waals surface area (Å²) in [5.41, 5.74) is 21.0. The minimum atomic E-state index is -0.251. The number of carbonyl (C=O) groups is 5. The van der Waals surface area contributed by atoms with Crippen molar-refractivity contribution in [1.29, 1.82) is 0 Å². The van der Waals surface area contributed by atoms with Crippen LogP contribution in [-0.2, 0) is 18.9 Å². The van der Waals surface area contributed by atoms with Crippen molar-refractivity contribution in [2.45, 2.75) is 31.8 Å². The molecule has 6 aromatic heterocycles. The summed E-state index contributed by atoms with van der Waals surface area (Å²) in [6.07, 6.45) is 4.64. The Morgan fingerprint density at radius 1 is 0.630 bits per heavy atom. The highest BCUT2D eigenvalue weighted by molar-refractivity contribution is 7.18. The molecular formula is C60H58N12O7S2. The van der Waals surface area contributed by atoms with Crippen LogP contribution in [0.3, 0.4) is 0 Å². The van der Waals surface area contributed by atoms with Crippen molar-refractivity contribution in [2.75, 3.05) is 62.5 Å². The number of fused-ring (bicyclic) bond motifs is 4. The largest absolute Gasteiger partial charge is 0.495 e. The molecule has 9 N–H and O–H groups in total. The lowest BCUT2D eigenvalue weighted by molar-refractivity contribution is -0.127. The molecule has 2 unspecified atom stereocenters. The van der Waals surface area contributed by atoms with E-state index < -0.39 is 0 Å². The van der Waals surface area contributed by atoms with Gasteiger partial charge in [0.05, 0.1) is 46.1 Å². The van der Waals surface area contributed by atoms with Crippen molar-refractivity contribution >= 4 is 117 Å². The van der Waals surface area contributed by atoms with Gasteiger partial charge in [0.1, 0.15) is 34.5 Å². The van der Waals surface area contributed by atoms with Crippen LogP contribution in [0, 0.1) is 0 Å². The molecule has 8 heterocycles. The third-order valence-corrected chi connectivity index (χ3v) is 17.0. The molecule has 2 aliphatic heterocycles. The molecule has 0 bridgehead atoms. The predicted molar refractivity (Wildman–Crippen MR) is 321 cm³/mol. The van der Waals surface area contributed by atoms with E-state index in [4.69, 9.17) is 20.9 Å². The lowest BCUT2D eigenvalue weighted by atomic mass is 10.0. The van der Waals surface area contributed by atoms with Crippen molar-refractivity contribution in [1.82, 2.24) is 40.0 Å². The smallest absolute Gasteiger partial charge is 0.272 e. The van der Waals surface area contributed by atoms with Gasteiger partial charge in [0.15, 0.2) is 0 Å². The van der Waals surface area contributed by atoms with Gasteiger partial charge in [0.2, 0.25) is 5.91 Å². The number of hydrogen-bond donors (Lipinski definition) is 7. The standard InChI is InChI=1S/C31H30N6O4S.C29H28N6O3S/c1-17(38)37-11-10-20(15-37)34-30(39)21-14-33-29(32)27-22(16-42-28(21)27)18-8-9-23(26(13-18)41-3)35-31(40)25-12-19-6-4-5-7-24(19)36(25)2;1-35-22-6-4-3-5-17(22)11-23(35)29(37)34-21-8-7-16(12-24(21)38-2)20-15-39-26-19(14-32-27(30)25(20)26)28(36)33-18-9-10-31-13-18/h4-9,12-14,16,20H,10-11,15H2,1-3H3,(H2,32,33)(H,34,39)(H,35,40);3-8,11-12,14-15,18,31H,9-10,13H2,1-2H3,(H2,30,32)(H,33,36)(H,34,37). The molecule has 2 aliphatic rings. The number of amides is 5. The molecule has 2 saturated heterocycles.